The number of esters is 1. The second kappa shape index (κ2) is 8.45. The molecule has 5 heteroatoms. The molecule has 0 atom stereocenters. The zero-order chi connectivity index (χ0) is 17.6. The minimum Gasteiger partial charge on any atom is -0.493 e. The molecular formula is C19H21ClO3S. The predicted octanol–water partition coefficient (Wildman–Crippen LogP) is 5.01. The minimum absolute atomic E-state index is 0.249. The first-order valence-corrected chi connectivity index (χ1v) is 8.85. The molecule has 0 amide bonds. The van der Waals surface area contributed by atoms with E-state index < -0.39 is 4.75 Å². The predicted molar refractivity (Wildman–Crippen MR) is 99.0 cm³/mol. The molecule has 0 bridgehead atoms. The summed E-state index contributed by atoms with van der Waals surface area (Å²) in [5.74, 6) is 0.538. The van der Waals surface area contributed by atoms with Gasteiger partial charge in [0.2, 0.25) is 0 Å². The Balaban J connectivity index is 1.92. The number of methoxy groups -OCH3 is 1. The fourth-order valence-corrected chi connectivity index (χ4v) is 3.35. The Morgan fingerprint density at radius 2 is 1.88 bits per heavy atom. The van der Waals surface area contributed by atoms with Crippen LogP contribution in [0.2, 0.25) is 5.02 Å². The molecular weight excluding hydrogens is 344 g/mol. The highest BCUT2D eigenvalue weighted by Gasteiger charge is 2.30. The molecule has 0 heterocycles. The average Bonchev–Trinajstić information content (AvgIpc) is 2.56. The maximum absolute atomic E-state index is 11.8. The molecule has 2 aromatic rings. The summed E-state index contributed by atoms with van der Waals surface area (Å²) in [5.41, 5.74) is 1.18. The molecule has 0 radical (unpaired) electrons. The first kappa shape index (κ1) is 18.7. The summed E-state index contributed by atoms with van der Waals surface area (Å²) in [4.78, 5) is 12.8. The molecule has 0 aliphatic rings. The van der Waals surface area contributed by atoms with Gasteiger partial charge in [-0.3, -0.25) is 4.79 Å². The lowest BCUT2D eigenvalue weighted by atomic mass is 10.2. The summed E-state index contributed by atoms with van der Waals surface area (Å²) in [5, 5.41) is 0.734. The second-order valence-electron chi connectivity index (χ2n) is 5.80. The lowest BCUT2D eigenvalue weighted by Crippen LogP contribution is -2.28. The van der Waals surface area contributed by atoms with Gasteiger partial charge in [-0.2, -0.15) is 0 Å². The zero-order valence-corrected chi connectivity index (χ0v) is 15.6. The quantitative estimate of drug-likeness (QED) is 0.511. The molecule has 2 rings (SSSR count). The van der Waals surface area contributed by atoms with Gasteiger partial charge >= 0.3 is 5.97 Å². The van der Waals surface area contributed by atoms with Gasteiger partial charge in [-0.15, -0.1) is 11.8 Å². The fourth-order valence-electron chi connectivity index (χ4n) is 2.15. The Labute approximate surface area is 152 Å². The summed E-state index contributed by atoms with van der Waals surface area (Å²) >= 11 is 7.33. The number of carbonyl (C=O) groups is 1. The number of rotatable bonds is 7. The van der Waals surface area contributed by atoms with Gasteiger partial charge in [-0.05, 0) is 49.7 Å². The van der Waals surface area contributed by atoms with E-state index in [9.17, 15) is 4.79 Å². The largest absolute Gasteiger partial charge is 0.493 e. The van der Waals surface area contributed by atoms with Crippen LogP contribution in [0.25, 0.3) is 0 Å². The van der Waals surface area contributed by atoms with Gasteiger partial charge < -0.3 is 9.47 Å². The van der Waals surface area contributed by atoms with Crippen LogP contribution in [0.15, 0.2) is 53.4 Å². The van der Waals surface area contributed by atoms with E-state index >= 15 is 0 Å². The standard InChI is InChI=1S/C19H21ClO3S/c1-19(2,18(21)22-3)24-17-6-4-5-16(13-17)23-12-11-14-7-9-15(20)10-8-14/h4-10,13H,11-12H2,1-3H3. The van der Waals surface area contributed by atoms with E-state index in [2.05, 4.69) is 0 Å². The van der Waals surface area contributed by atoms with Crippen molar-refractivity contribution in [2.24, 2.45) is 0 Å². The fraction of sp³-hybridized carbons (Fsp3) is 0.316. The van der Waals surface area contributed by atoms with Gasteiger partial charge in [-0.25, -0.2) is 0 Å². The summed E-state index contributed by atoms with van der Waals surface area (Å²) in [6.07, 6.45) is 0.808. The molecule has 0 N–H and O–H groups in total. The van der Waals surface area contributed by atoms with Gasteiger partial charge in [0.15, 0.2) is 0 Å². The molecule has 0 spiro atoms. The number of halogens is 1. The van der Waals surface area contributed by atoms with Crippen molar-refractivity contribution < 1.29 is 14.3 Å². The lowest BCUT2D eigenvalue weighted by molar-refractivity contribution is -0.142. The Kier molecular flexibility index (Phi) is 6.58. The monoisotopic (exact) mass is 364 g/mol. The van der Waals surface area contributed by atoms with Crippen LogP contribution in [-0.4, -0.2) is 24.4 Å². The smallest absolute Gasteiger partial charge is 0.321 e. The van der Waals surface area contributed by atoms with E-state index in [4.69, 9.17) is 21.1 Å². The number of carbonyl (C=O) groups excluding carboxylic acids is 1. The molecule has 0 saturated heterocycles. The average molecular weight is 365 g/mol. The van der Waals surface area contributed by atoms with Crippen LogP contribution in [-0.2, 0) is 16.0 Å². The van der Waals surface area contributed by atoms with Crippen LogP contribution in [0.1, 0.15) is 19.4 Å². The van der Waals surface area contributed by atoms with Crippen molar-refractivity contribution in [3.05, 3.63) is 59.1 Å². The van der Waals surface area contributed by atoms with Crippen molar-refractivity contribution in [2.75, 3.05) is 13.7 Å². The van der Waals surface area contributed by atoms with Gasteiger partial charge in [0.25, 0.3) is 0 Å². The Morgan fingerprint density at radius 3 is 2.54 bits per heavy atom. The van der Waals surface area contributed by atoms with Crippen molar-refractivity contribution >= 4 is 29.3 Å². The number of hydrogen-bond donors (Lipinski definition) is 0. The van der Waals surface area contributed by atoms with Crippen LogP contribution < -0.4 is 4.74 Å². The van der Waals surface area contributed by atoms with E-state index in [0.29, 0.717) is 6.61 Å². The molecule has 0 aromatic heterocycles. The van der Waals surface area contributed by atoms with E-state index in [-0.39, 0.29) is 5.97 Å². The van der Waals surface area contributed by atoms with Crippen LogP contribution in [0, 0.1) is 0 Å². The molecule has 24 heavy (non-hydrogen) atoms. The maximum atomic E-state index is 11.8. The Morgan fingerprint density at radius 1 is 1.17 bits per heavy atom. The third-order valence-corrected chi connectivity index (χ3v) is 4.85. The number of thioether (sulfide) groups is 1. The summed E-state index contributed by atoms with van der Waals surface area (Å²) in [6, 6.07) is 15.5. The number of benzene rings is 2. The molecule has 0 saturated carbocycles. The molecule has 128 valence electrons. The number of hydrogen-bond acceptors (Lipinski definition) is 4. The molecule has 0 aliphatic heterocycles. The van der Waals surface area contributed by atoms with E-state index in [1.54, 1.807) is 0 Å². The first-order chi connectivity index (χ1) is 11.4. The van der Waals surface area contributed by atoms with Crippen molar-refractivity contribution in [1.29, 1.82) is 0 Å². The van der Waals surface area contributed by atoms with Crippen LogP contribution in [0.5, 0.6) is 5.75 Å². The normalized spacial score (nSPS) is 11.2. The second-order valence-corrected chi connectivity index (χ2v) is 7.94. The molecule has 0 fully saturated rings. The van der Waals surface area contributed by atoms with Crippen molar-refractivity contribution in [3.63, 3.8) is 0 Å². The summed E-state index contributed by atoms with van der Waals surface area (Å²) in [7, 11) is 1.40. The summed E-state index contributed by atoms with van der Waals surface area (Å²) in [6.45, 7) is 4.27. The van der Waals surface area contributed by atoms with E-state index in [1.807, 2.05) is 62.4 Å². The maximum Gasteiger partial charge on any atom is 0.321 e. The third kappa shape index (κ3) is 5.46. The van der Waals surface area contributed by atoms with Crippen LogP contribution in [0.3, 0.4) is 0 Å². The Bertz CT molecular complexity index is 683. The first-order valence-electron chi connectivity index (χ1n) is 7.65. The van der Waals surface area contributed by atoms with Gasteiger partial charge in [0.1, 0.15) is 10.5 Å². The van der Waals surface area contributed by atoms with Crippen LogP contribution in [0.4, 0.5) is 0 Å². The molecule has 2 aromatic carbocycles. The highest BCUT2D eigenvalue weighted by atomic mass is 35.5. The Hall–Kier alpha value is -1.65. The molecule has 3 nitrogen and oxygen atoms in total. The minimum atomic E-state index is -0.642. The highest BCUT2D eigenvalue weighted by molar-refractivity contribution is 8.01. The highest BCUT2D eigenvalue weighted by Crippen LogP contribution is 2.34. The van der Waals surface area contributed by atoms with Gasteiger partial charge in [-0.1, -0.05) is 29.8 Å². The van der Waals surface area contributed by atoms with E-state index in [1.165, 1.54) is 24.4 Å². The summed E-state index contributed by atoms with van der Waals surface area (Å²) < 4.78 is 10.0. The molecule has 0 unspecified atom stereocenters. The van der Waals surface area contributed by atoms with E-state index in [0.717, 1.165) is 22.1 Å². The zero-order valence-electron chi connectivity index (χ0n) is 14.0. The topological polar surface area (TPSA) is 35.5 Å². The van der Waals surface area contributed by atoms with Crippen molar-refractivity contribution in [3.8, 4) is 5.75 Å². The SMILES string of the molecule is COC(=O)C(C)(C)Sc1cccc(OCCc2ccc(Cl)cc2)c1. The van der Waals surface area contributed by atoms with Crippen molar-refractivity contribution in [1.82, 2.24) is 0 Å². The van der Waals surface area contributed by atoms with Crippen LogP contribution >= 0.6 is 23.4 Å². The third-order valence-electron chi connectivity index (χ3n) is 3.43. The van der Waals surface area contributed by atoms with Gasteiger partial charge in [0.05, 0.1) is 13.7 Å². The number of ether oxygens (including phenoxy) is 2. The molecule has 0 aliphatic carbocycles. The van der Waals surface area contributed by atoms with Gasteiger partial charge in [0, 0.05) is 16.3 Å². The van der Waals surface area contributed by atoms with Crippen molar-refractivity contribution in [2.45, 2.75) is 29.9 Å². The lowest BCUT2D eigenvalue weighted by Gasteiger charge is -2.21.